The summed E-state index contributed by atoms with van der Waals surface area (Å²) in [6, 6.07) is 15.2. The molecule has 1 saturated heterocycles. The summed E-state index contributed by atoms with van der Waals surface area (Å²) in [6.45, 7) is 3.60. The van der Waals surface area contributed by atoms with Gasteiger partial charge in [0.25, 0.3) is 0 Å². The Morgan fingerprint density at radius 2 is 1.58 bits per heavy atom. The van der Waals surface area contributed by atoms with E-state index in [9.17, 15) is 8.42 Å². The summed E-state index contributed by atoms with van der Waals surface area (Å²) in [5.74, 6) is -0.111. The fourth-order valence-electron chi connectivity index (χ4n) is 3.20. The van der Waals surface area contributed by atoms with Crippen LogP contribution in [-0.4, -0.2) is 26.4 Å². The van der Waals surface area contributed by atoms with E-state index in [1.807, 2.05) is 12.1 Å². The number of hydrogen-bond donors (Lipinski definition) is 1. The highest BCUT2D eigenvalue weighted by Gasteiger charge is 2.14. The fourth-order valence-corrected chi connectivity index (χ4v) is 4.63. The number of rotatable bonds is 7. The van der Waals surface area contributed by atoms with Crippen LogP contribution in [0.25, 0.3) is 0 Å². The average Bonchev–Trinajstić information content (AvgIpc) is 2.64. The van der Waals surface area contributed by atoms with Crippen molar-refractivity contribution in [2.75, 3.05) is 13.1 Å². The van der Waals surface area contributed by atoms with E-state index in [0.717, 1.165) is 12.1 Å². The van der Waals surface area contributed by atoms with Crippen molar-refractivity contribution in [1.82, 2.24) is 9.62 Å². The van der Waals surface area contributed by atoms with Gasteiger partial charge in [-0.3, -0.25) is 4.90 Å². The molecule has 0 spiro atoms. The molecule has 1 N–H and O–H groups in total. The maximum Gasteiger partial charge on any atom is 0.216 e. The summed E-state index contributed by atoms with van der Waals surface area (Å²) in [5.41, 5.74) is 2.84. The van der Waals surface area contributed by atoms with Crippen LogP contribution in [0.4, 0.5) is 0 Å². The molecule has 140 valence electrons. The van der Waals surface area contributed by atoms with Crippen LogP contribution in [0.2, 0.25) is 5.02 Å². The Kier molecular flexibility index (Phi) is 6.70. The molecule has 2 aromatic carbocycles. The minimum absolute atomic E-state index is 0.111. The van der Waals surface area contributed by atoms with Crippen molar-refractivity contribution in [2.45, 2.75) is 38.1 Å². The van der Waals surface area contributed by atoms with Gasteiger partial charge in [-0.05, 0) is 48.7 Å². The van der Waals surface area contributed by atoms with E-state index >= 15 is 0 Å². The average molecular weight is 393 g/mol. The molecule has 26 heavy (non-hydrogen) atoms. The molecule has 1 aliphatic heterocycles. The van der Waals surface area contributed by atoms with Crippen LogP contribution < -0.4 is 4.72 Å². The summed E-state index contributed by atoms with van der Waals surface area (Å²) in [6.07, 6.45) is 3.90. The zero-order chi connectivity index (χ0) is 18.4. The first kappa shape index (κ1) is 19.4. The first-order valence-corrected chi connectivity index (χ1v) is 11.1. The molecule has 2 aromatic rings. The molecular weight excluding hydrogens is 368 g/mol. The van der Waals surface area contributed by atoms with E-state index in [4.69, 9.17) is 11.6 Å². The summed E-state index contributed by atoms with van der Waals surface area (Å²) >= 11 is 6.05. The molecule has 0 bridgehead atoms. The smallest absolute Gasteiger partial charge is 0.216 e. The van der Waals surface area contributed by atoms with Gasteiger partial charge in [-0.2, -0.15) is 0 Å². The molecule has 0 unspecified atom stereocenters. The number of sulfonamides is 1. The van der Waals surface area contributed by atoms with Crippen molar-refractivity contribution in [1.29, 1.82) is 0 Å². The quantitative estimate of drug-likeness (QED) is 0.776. The van der Waals surface area contributed by atoms with E-state index in [0.29, 0.717) is 10.6 Å². The number of halogens is 1. The maximum absolute atomic E-state index is 12.3. The van der Waals surface area contributed by atoms with Gasteiger partial charge in [0.15, 0.2) is 0 Å². The van der Waals surface area contributed by atoms with E-state index in [1.165, 1.54) is 37.9 Å². The van der Waals surface area contributed by atoms with Gasteiger partial charge in [-0.15, -0.1) is 0 Å². The predicted molar refractivity (Wildman–Crippen MR) is 106 cm³/mol. The van der Waals surface area contributed by atoms with Crippen LogP contribution in [0.5, 0.6) is 0 Å². The predicted octanol–water partition coefficient (Wildman–Crippen LogP) is 3.95. The highest BCUT2D eigenvalue weighted by molar-refractivity contribution is 7.88. The SMILES string of the molecule is O=S(=O)(Cc1ccccc1Cl)NCc1ccc(CN2CCCCC2)cc1. The molecular formula is C20H25ClN2O2S. The van der Waals surface area contributed by atoms with Gasteiger partial charge >= 0.3 is 0 Å². The van der Waals surface area contributed by atoms with E-state index in [1.54, 1.807) is 24.3 Å². The van der Waals surface area contributed by atoms with Gasteiger partial charge in [0.1, 0.15) is 0 Å². The van der Waals surface area contributed by atoms with Crippen molar-refractivity contribution in [3.05, 3.63) is 70.2 Å². The first-order chi connectivity index (χ1) is 12.5. The summed E-state index contributed by atoms with van der Waals surface area (Å²) in [4.78, 5) is 2.48. The minimum Gasteiger partial charge on any atom is -0.299 e. The molecule has 4 nitrogen and oxygen atoms in total. The lowest BCUT2D eigenvalue weighted by molar-refractivity contribution is 0.221. The Morgan fingerprint density at radius 3 is 2.27 bits per heavy atom. The van der Waals surface area contributed by atoms with Crippen LogP contribution in [0, 0.1) is 0 Å². The fraction of sp³-hybridized carbons (Fsp3) is 0.400. The number of nitrogens with zero attached hydrogens (tertiary/aromatic N) is 1. The van der Waals surface area contributed by atoms with Crippen LogP contribution in [0.1, 0.15) is 36.0 Å². The van der Waals surface area contributed by atoms with Gasteiger partial charge < -0.3 is 0 Å². The zero-order valence-corrected chi connectivity index (χ0v) is 16.4. The third-order valence-corrected chi connectivity index (χ3v) is 6.32. The Morgan fingerprint density at radius 1 is 0.923 bits per heavy atom. The van der Waals surface area contributed by atoms with Crippen LogP contribution in [0.3, 0.4) is 0 Å². The first-order valence-electron chi connectivity index (χ1n) is 9.03. The second-order valence-corrected chi connectivity index (χ2v) is 9.04. The molecule has 6 heteroatoms. The molecule has 0 aliphatic carbocycles. The van der Waals surface area contributed by atoms with Crippen molar-refractivity contribution in [3.8, 4) is 0 Å². The molecule has 1 fully saturated rings. The monoisotopic (exact) mass is 392 g/mol. The number of hydrogen-bond acceptors (Lipinski definition) is 3. The number of piperidine rings is 1. The number of nitrogens with one attached hydrogen (secondary N) is 1. The molecule has 1 aliphatic rings. The number of benzene rings is 2. The van der Waals surface area contributed by atoms with Gasteiger partial charge in [-0.25, -0.2) is 13.1 Å². The largest absolute Gasteiger partial charge is 0.299 e. The molecule has 1 heterocycles. The van der Waals surface area contributed by atoms with E-state index < -0.39 is 10.0 Å². The Bertz CT molecular complexity index is 816. The highest BCUT2D eigenvalue weighted by Crippen LogP contribution is 2.18. The summed E-state index contributed by atoms with van der Waals surface area (Å²) < 4.78 is 27.2. The van der Waals surface area contributed by atoms with Crippen molar-refractivity contribution < 1.29 is 8.42 Å². The molecule has 0 amide bonds. The molecule has 0 atom stereocenters. The minimum atomic E-state index is -3.43. The van der Waals surface area contributed by atoms with Crippen LogP contribution in [0.15, 0.2) is 48.5 Å². The lowest BCUT2D eigenvalue weighted by atomic mass is 10.1. The molecule has 0 radical (unpaired) electrons. The number of likely N-dealkylation sites (tertiary alicyclic amines) is 1. The molecule has 3 rings (SSSR count). The Hall–Kier alpha value is -1.40. The lowest BCUT2D eigenvalue weighted by Crippen LogP contribution is -2.29. The Balaban J connectivity index is 1.53. The Labute approximate surface area is 161 Å². The standard InChI is InChI=1S/C20H25ClN2O2S/c21-20-7-3-2-6-19(20)16-26(24,25)22-14-17-8-10-18(11-9-17)15-23-12-4-1-5-13-23/h2-3,6-11,22H,1,4-5,12-16H2. The van der Waals surface area contributed by atoms with Crippen molar-refractivity contribution >= 4 is 21.6 Å². The van der Waals surface area contributed by atoms with Gasteiger partial charge in [0.2, 0.25) is 10.0 Å². The second kappa shape index (κ2) is 9.00. The topological polar surface area (TPSA) is 49.4 Å². The van der Waals surface area contributed by atoms with Gasteiger partial charge in [0, 0.05) is 18.1 Å². The molecule has 0 saturated carbocycles. The molecule has 0 aromatic heterocycles. The van der Waals surface area contributed by atoms with E-state index in [2.05, 4.69) is 21.8 Å². The van der Waals surface area contributed by atoms with E-state index in [-0.39, 0.29) is 12.3 Å². The second-order valence-electron chi connectivity index (χ2n) is 6.82. The van der Waals surface area contributed by atoms with Gasteiger partial charge in [0.05, 0.1) is 5.75 Å². The summed E-state index contributed by atoms with van der Waals surface area (Å²) in [7, 11) is -3.43. The van der Waals surface area contributed by atoms with Crippen LogP contribution >= 0.6 is 11.6 Å². The van der Waals surface area contributed by atoms with Crippen molar-refractivity contribution in [3.63, 3.8) is 0 Å². The third kappa shape index (κ3) is 5.81. The maximum atomic E-state index is 12.3. The van der Waals surface area contributed by atoms with Crippen LogP contribution in [-0.2, 0) is 28.9 Å². The van der Waals surface area contributed by atoms with Crippen molar-refractivity contribution in [2.24, 2.45) is 0 Å². The zero-order valence-electron chi connectivity index (χ0n) is 14.8. The normalized spacial score (nSPS) is 15.9. The summed E-state index contributed by atoms with van der Waals surface area (Å²) in [5, 5.41) is 0.472. The van der Waals surface area contributed by atoms with Gasteiger partial charge in [-0.1, -0.05) is 60.5 Å². The highest BCUT2D eigenvalue weighted by atomic mass is 35.5. The third-order valence-electron chi connectivity index (χ3n) is 4.68. The lowest BCUT2D eigenvalue weighted by Gasteiger charge is -2.26.